The number of nitrogens with zero attached hydrogens (tertiary/aromatic N) is 3. The van der Waals surface area contributed by atoms with Crippen LogP contribution >= 0.6 is 11.5 Å². The summed E-state index contributed by atoms with van der Waals surface area (Å²) in [7, 11) is 0. The molecule has 1 fully saturated rings. The molecule has 4 rings (SSSR count). The van der Waals surface area contributed by atoms with Crippen LogP contribution in [0.4, 0.5) is 10.2 Å². The fourth-order valence-corrected chi connectivity index (χ4v) is 3.82. The average molecular weight is 341 g/mol. The van der Waals surface area contributed by atoms with Crippen molar-refractivity contribution >= 4 is 33.3 Å². The van der Waals surface area contributed by atoms with Gasteiger partial charge in [-0.05, 0) is 35.8 Å². The predicted octanol–water partition coefficient (Wildman–Crippen LogP) is 3.40. The average Bonchev–Trinajstić information content (AvgIpc) is 3.06. The molecule has 24 heavy (non-hydrogen) atoms. The van der Waals surface area contributed by atoms with E-state index in [0.29, 0.717) is 26.2 Å². The number of rotatable bonds is 2. The number of benzene rings is 2. The number of amides is 1. The minimum atomic E-state index is -0.463. The Morgan fingerprint density at radius 2 is 1.71 bits per heavy atom. The summed E-state index contributed by atoms with van der Waals surface area (Å²) in [6.45, 7) is 2.54. The van der Waals surface area contributed by atoms with Crippen molar-refractivity contribution in [2.24, 2.45) is 0 Å². The van der Waals surface area contributed by atoms with Crippen molar-refractivity contribution in [1.82, 2.24) is 9.27 Å². The van der Waals surface area contributed by atoms with E-state index in [1.807, 2.05) is 12.1 Å². The zero-order valence-corrected chi connectivity index (χ0v) is 13.8. The Morgan fingerprint density at radius 1 is 1.00 bits per heavy atom. The van der Waals surface area contributed by atoms with E-state index in [0.717, 1.165) is 15.9 Å². The number of piperazine rings is 1. The normalized spacial score (nSPS) is 15.0. The quantitative estimate of drug-likeness (QED) is 0.717. The monoisotopic (exact) mass is 341 g/mol. The Balaban J connectivity index is 1.49. The van der Waals surface area contributed by atoms with Crippen LogP contribution in [0.1, 0.15) is 10.4 Å². The molecule has 0 saturated carbocycles. The molecule has 0 unspecified atom stereocenters. The summed E-state index contributed by atoms with van der Waals surface area (Å²) in [5.74, 6) is 0.278. The van der Waals surface area contributed by atoms with Crippen molar-refractivity contribution < 1.29 is 9.18 Å². The highest BCUT2D eigenvalue weighted by molar-refractivity contribution is 7.13. The third-order valence-electron chi connectivity index (χ3n) is 4.33. The van der Waals surface area contributed by atoms with Crippen LogP contribution in [0.2, 0.25) is 0 Å². The second kappa shape index (κ2) is 6.20. The third-order valence-corrected chi connectivity index (χ3v) is 5.15. The molecule has 0 radical (unpaired) electrons. The molecule has 0 spiro atoms. The van der Waals surface area contributed by atoms with E-state index in [2.05, 4.69) is 21.4 Å². The first-order chi connectivity index (χ1) is 11.7. The van der Waals surface area contributed by atoms with Crippen molar-refractivity contribution in [2.45, 2.75) is 0 Å². The smallest absolute Gasteiger partial charge is 0.256 e. The maximum absolute atomic E-state index is 13.8. The summed E-state index contributed by atoms with van der Waals surface area (Å²) in [4.78, 5) is 16.4. The minimum Gasteiger partial charge on any atom is -0.352 e. The van der Waals surface area contributed by atoms with Crippen LogP contribution in [0.25, 0.3) is 10.1 Å². The van der Waals surface area contributed by atoms with Crippen molar-refractivity contribution in [1.29, 1.82) is 0 Å². The van der Waals surface area contributed by atoms with Crippen LogP contribution in [0.5, 0.6) is 0 Å². The summed E-state index contributed by atoms with van der Waals surface area (Å²) in [5.41, 5.74) is 0.144. The van der Waals surface area contributed by atoms with E-state index in [1.165, 1.54) is 23.7 Å². The van der Waals surface area contributed by atoms with Gasteiger partial charge >= 0.3 is 0 Å². The minimum absolute atomic E-state index is 0.144. The van der Waals surface area contributed by atoms with E-state index in [1.54, 1.807) is 17.0 Å². The number of hydrogen-bond acceptors (Lipinski definition) is 4. The van der Waals surface area contributed by atoms with Gasteiger partial charge in [0.1, 0.15) is 11.6 Å². The highest BCUT2D eigenvalue weighted by Crippen LogP contribution is 2.30. The molecule has 2 heterocycles. The SMILES string of the molecule is O=C(c1ccccc1F)N1CCN(c2nsc3ccccc23)CC1. The third kappa shape index (κ3) is 2.63. The second-order valence-corrected chi connectivity index (χ2v) is 6.57. The van der Waals surface area contributed by atoms with E-state index >= 15 is 0 Å². The number of halogens is 1. The van der Waals surface area contributed by atoms with Crippen LogP contribution in [-0.4, -0.2) is 41.4 Å². The number of anilines is 1. The standard InChI is InChI=1S/C18H16FN3OS/c19-15-7-3-1-5-13(15)18(23)22-11-9-21(10-12-22)17-14-6-2-4-8-16(14)24-20-17/h1-8H,9-12H2. The molecule has 122 valence electrons. The Labute approximate surface area is 143 Å². The largest absolute Gasteiger partial charge is 0.352 e. The van der Waals surface area contributed by atoms with Crippen LogP contribution in [0.15, 0.2) is 48.5 Å². The molecule has 1 aliphatic rings. The van der Waals surface area contributed by atoms with Gasteiger partial charge in [0.25, 0.3) is 5.91 Å². The van der Waals surface area contributed by atoms with Gasteiger partial charge in [0.2, 0.25) is 0 Å². The van der Waals surface area contributed by atoms with Gasteiger partial charge in [-0.15, -0.1) is 0 Å². The van der Waals surface area contributed by atoms with Gasteiger partial charge in [-0.3, -0.25) is 4.79 Å². The Morgan fingerprint density at radius 3 is 2.50 bits per heavy atom. The summed E-state index contributed by atoms with van der Waals surface area (Å²) in [6.07, 6.45) is 0. The lowest BCUT2D eigenvalue weighted by Crippen LogP contribution is -2.49. The predicted molar refractivity (Wildman–Crippen MR) is 94.1 cm³/mol. The van der Waals surface area contributed by atoms with Crippen LogP contribution in [0, 0.1) is 5.82 Å². The summed E-state index contributed by atoms with van der Waals surface area (Å²) in [6, 6.07) is 14.3. The first-order valence-corrected chi connectivity index (χ1v) is 8.64. The second-order valence-electron chi connectivity index (χ2n) is 5.76. The molecule has 0 N–H and O–H groups in total. The molecule has 4 nitrogen and oxygen atoms in total. The lowest BCUT2D eigenvalue weighted by Gasteiger charge is -2.35. The molecular formula is C18H16FN3OS. The summed E-state index contributed by atoms with van der Waals surface area (Å²) in [5, 5.41) is 1.15. The zero-order chi connectivity index (χ0) is 16.5. The molecule has 3 aromatic rings. The number of aromatic nitrogens is 1. The fraction of sp³-hybridized carbons (Fsp3) is 0.222. The van der Waals surface area contributed by atoms with E-state index < -0.39 is 5.82 Å². The number of carbonyl (C=O) groups excluding carboxylic acids is 1. The van der Waals surface area contributed by atoms with Crippen LogP contribution in [-0.2, 0) is 0 Å². The van der Waals surface area contributed by atoms with E-state index in [9.17, 15) is 9.18 Å². The topological polar surface area (TPSA) is 36.4 Å². The zero-order valence-electron chi connectivity index (χ0n) is 13.0. The fourth-order valence-electron chi connectivity index (χ4n) is 3.03. The van der Waals surface area contributed by atoms with Gasteiger partial charge in [-0.2, -0.15) is 4.37 Å². The molecule has 1 saturated heterocycles. The number of hydrogen-bond donors (Lipinski definition) is 0. The molecule has 0 bridgehead atoms. The number of fused-ring (bicyclic) bond motifs is 1. The van der Waals surface area contributed by atoms with Gasteiger partial charge < -0.3 is 9.80 Å². The van der Waals surface area contributed by atoms with E-state index in [4.69, 9.17) is 0 Å². The highest BCUT2D eigenvalue weighted by atomic mass is 32.1. The molecule has 6 heteroatoms. The molecule has 1 amide bonds. The van der Waals surface area contributed by atoms with Crippen LogP contribution < -0.4 is 4.90 Å². The molecule has 1 aliphatic heterocycles. The molecule has 1 aromatic heterocycles. The van der Waals surface area contributed by atoms with Crippen molar-refractivity contribution in [3.05, 3.63) is 59.9 Å². The first kappa shape index (κ1) is 15.1. The first-order valence-electron chi connectivity index (χ1n) is 7.87. The Hall–Kier alpha value is -2.47. The molecule has 0 atom stereocenters. The maximum Gasteiger partial charge on any atom is 0.256 e. The molecule has 2 aromatic carbocycles. The van der Waals surface area contributed by atoms with Gasteiger partial charge in [-0.1, -0.05) is 24.3 Å². The van der Waals surface area contributed by atoms with Crippen LogP contribution in [0.3, 0.4) is 0 Å². The van der Waals surface area contributed by atoms with Crippen molar-refractivity contribution in [3.8, 4) is 0 Å². The summed E-state index contributed by atoms with van der Waals surface area (Å²) < 4.78 is 19.5. The van der Waals surface area contributed by atoms with Gasteiger partial charge in [0, 0.05) is 31.6 Å². The molecular weight excluding hydrogens is 325 g/mol. The van der Waals surface area contributed by atoms with Gasteiger partial charge in [0.05, 0.1) is 10.3 Å². The maximum atomic E-state index is 13.8. The van der Waals surface area contributed by atoms with E-state index in [-0.39, 0.29) is 11.5 Å². The Bertz CT molecular complexity index is 887. The molecule has 0 aliphatic carbocycles. The van der Waals surface area contributed by atoms with Gasteiger partial charge in [0.15, 0.2) is 0 Å². The highest BCUT2D eigenvalue weighted by Gasteiger charge is 2.25. The lowest BCUT2D eigenvalue weighted by molar-refractivity contribution is 0.0742. The van der Waals surface area contributed by atoms with Gasteiger partial charge in [-0.25, -0.2) is 4.39 Å². The lowest BCUT2D eigenvalue weighted by atomic mass is 10.1. The Kier molecular flexibility index (Phi) is 3.90. The number of carbonyl (C=O) groups is 1. The van der Waals surface area contributed by atoms with Crippen molar-refractivity contribution in [3.63, 3.8) is 0 Å². The summed E-state index contributed by atoms with van der Waals surface area (Å²) >= 11 is 1.49. The van der Waals surface area contributed by atoms with Crippen molar-refractivity contribution in [2.75, 3.05) is 31.1 Å².